The Balaban J connectivity index is 2.53. The molecular weight excluding hydrogens is 476 g/mol. The minimum Gasteiger partial charge on any atom is -0.445 e. The van der Waals surface area contributed by atoms with Crippen LogP contribution >= 0.6 is 25.3 Å². The number of carbonyl (C=O) groups is 1. The van der Waals surface area contributed by atoms with Crippen LogP contribution in [0, 0.1) is 0 Å². The van der Waals surface area contributed by atoms with E-state index in [1.54, 1.807) is 0 Å². The Kier molecular flexibility index (Phi) is 17.4. The Morgan fingerprint density at radius 3 is 1.97 bits per heavy atom. The van der Waals surface area contributed by atoms with Gasteiger partial charge in [-0.3, -0.25) is 10.3 Å². The Hall–Kier alpha value is -1.74. The summed E-state index contributed by atoms with van der Waals surface area (Å²) >= 11 is 8.44. The predicted molar refractivity (Wildman–Crippen MR) is 156 cm³/mol. The van der Waals surface area contributed by atoms with Gasteiger partial charge in [0.1, 0.15) is 6.61 Å². The fourth-order valence-corrected chi connectivity index (χ4v) is 3.56. The minimum atomic E-state index is -0.473. The Morgan fingerprint density at radius 2 is 1.43 bits per heavy atom. The normalized spacial score (nSPS) is 11.9. The number of hydrogen-bond donors (Lipinski definition) is 5. The number of nitrogens with one attached hydrogen (secondary N) is 3. The fraction of sp³-hybridized carbons (Fsp3) is 0.556. The lowest BCUT2D eigenvalue weighted by molar-refractivity contribution is 0.174. The summed E-state index contributed by atoms with van der Waals surface area (Å²) in [6.45, 7) is 11.6. The number of aromatic nitrogens is 1. The Bertz CT molecular complexity index is 821. The summed E-state index contributed by atoms with van der Waals surface area (Å²) in [5.41, 5.74) is 6.38. The second-order valence-corrected chi connectivity index (χ2v) is 9.72. The average molecular weight is 521 g/mol. The summed E-state index contributed by atoms with van der Waals surface area (Å²) in [6, 6.07) is 3.73. The van der Waals surface area contributed by atoms with E-state index in [1.807, 2.05) is 18.2 Å². The molecule has 1 amide bonds. The molecule has 35 heavy (non-hydrogen) atoms. The van der Waals surface area contributed by atoms with Gasteiger partial charge >= 0.3 is 6.09 Å². The largest absolute Gasteiger partial charge is 0.445 e. The number of nitrogens with zero attached hydrogens (tertiary/aromatic N) is 1. The number of hydrogen-bond acceptors (Lipinski definition) is 7. The van der Waals surface area contributed by atoms with Crippen LogP contribution in [0.3, 0.4) is 0 Å². The van der Waals surface area contributed by atoms with E-state index >= 15 is 0 Å². The van der Waals surface area contributed by atoms with E-state index in [-0.39, 0.29) is 6.61 Å². The van der Waals surface area contributed by atoms with Crippen molar-refractivity contribution in [3.8, 4) is 0 Å². The number of pyridine rings is 1. The molecule has 0 aliphatic carbocycles. The van der Waals surface area contributed by atoms with Crippen LogP contribution in [0.25, 0.3) is 0 Å². The number of ether oxygens (including phenoxy) is 1. The van der Waals surface area contributed by atoms with Crippen LogP contribution in [0.5, 0.6) is 0 Å². The first-order valence-corrected chi connectivity index (χ1v) is 13.6. The summed E-state index contributed by atoms with van der Waals surface area (Å²) < 4.78 is 5.38. The van der Waals surface area contributed by atoms with Crippen LogP contribution in [0.4, 0.5) is 10.5 Å². The van der Waals surface area contributed by atoms with Crippen molar-refractivity contribution in [2.75, 3.05) is 36.5 Å². The fourth-order valence-electron chi connectivity index (χ4n) is 3.25. The molecule has 0 saturated heterocycles. The maximum absolute atomic E-state index is 12.3. The van der Waals surface area contributed by atoms with Crippen LogP contribution in [0.15, 0.2) is 47.1 Å². The molecule has 0 spiro atoms. The molecule has 0 saturated carbocycles. The summed E-state index contributed by atoms with van der Waals surface area (Å²) in [7, 11) is 0. The van der Waals surface area contributed by atoms with E-state index in [2.05, 4.69) is 86.0 Å². The Morgan fingerprint density at radius 1 is 0.886 bits per heavy atom. The smallest absolute Gasteiger partial charge is 0.411 e. The molecule has 1 aromatic rings. The second kappa shape index (κ2) is 19.4. The van der Waals surface area contributed by atoms with Gasteiger partial charge in [-0.1, -0.05) is 28.9 Å². The lowest BCUT2D eigenvalue weighted by atomic mass is 10.1. The lowest BCUT2D eigenvalue weighted by Gasteiger charge is -2.11. The van der Waals surface area contributed by atoms with Crippen molar-refractivity contribution in [3.05, 3.63) is 58.5 Å². The van der Waals surface area contributed by atoms with E-state index < -0.39 is 6.09 Å². The monoisotopic (exact) mass is 520 g/mol. The number of thiol groups is 2. The van der Waals surface area contributed by atoms with Crippen LogP contribution in [-0.4, -0.2) is 42.3 Å². The number of rotatable bonds is 17. The van der Waals surface area contributed by atoms with Crippen molar-refractivity contribution in [1.29, 1.82) is 0 Å². The maximum Gasteiger partial charge on any atom is 0.411 e. The molecular formula is C27H44N4O2S2. The lowest BCUT2D eigenvalue weighted by Crippen LogP contribution is -2.21. The molecule has 6 nitrogen and oxygen atoms in total. The summed E-state index contributed by atoms with van der Waals surface area (Å²) in [4.78, 5) is 17.0. The average Bonchev–Trinajstić information content (AvgIpc) is 2.79. The first-order chi connectivity index (χ1) is 16.8. The zero-order valence-corrected chi connectivity index (χ0v) is 23.6. The molecule has 1 rings (SSSR count). The van der Waals surface area contributed by atoms with Crippen molar-refractivity contribution in [2.24, 2.45) is 0 Å². The van der Waals surface area contributed by atoms with Gasteiger partial charge in [0.15, 0.2) is 0 Å². The van der Waals surface area contributed by atoms with Crippen LogP contribution in [0.2, 0.25) is 0 Å². The molecule has 0 aromatic carbocycles. The van der Waals surface area contributed by atoms with Crippen molar-refractivity contribution < 1.29 is 9.53 Å². The highest BCUT2D eigenvalue weighted by molar-refractivity contribution is 7.80. The Labute approximate surface area is 223 Å². The quantitative estimate of drug-likeness (QED) is 0.0977. The van der Waals surface area contributed by atoms with Gasteiger partial charge in [0.25, 0.3) is 0 Å². The van der Waals surface area contributed by atoms with Crippen molar-refractivity contribution >= 4 is 37.0 Å². The number of amides is 1. The number of allylic oxidation sites excluding steroid dienone is 5. The summed E-state index contributed by atoms with van der Waals surface area (Å²) in [5, 5.41) is 9.39. The highest BCUT2D eigenvalue weighted by Gasteiger charge is 2.07. The molecule has 1 aromatic heterocycles. The third-order valence-electron chi connectivity index (χ3n) is 5.14. The predicted octanol–water partition coefficient (Wildman–Crippen LogP) is 6.09. The van der Waals surface area contributed by atoms with Gasteiger partial charge in [-0.15, -0.1) is 0 Å². The molecule has 0 radical (unpaired) electrons. The zero-order chi connectivity index (χ0) is 25.9. The minimum absolute atomic E-state index is 0.249. The van der Waals surface area contributed by atoms with Gasteiger partial charge < -0.3 is 15.4 Å². The SMILES string of the molecule is CC(C)=CCC/C(C)=C/CC/C(C)=C/COC(=O)Nc1cc(CNCCS)nc(CNCCS)c1. The van der Waals surface area contributed by atoms with Gasteiger partial charge in [-0.25, -0.2) is 4.79 Å². The van der Waals surface area contributed by atoms with Gasteiger partial charge in [0.05, 0.1) is 11.4 Å². The van der Waals surface area contributed by atoms with Crippen molar-refractivity contribution in [3.63, 3.8) is 0 Å². The van der Waals surface area contributed by atoms with E-state index in [1.165, 1.54) is 16.7 Å². The standard InChI is InChI=1S/C27H44N4O2S2/c1-21(2)7-5-8-22(3)9-6-10-23(4)11-14-33-27(32)31-24-17-25(19-28-12-15-34)30-26(18-24)20-29-13-16-35/h7,9,11,17-18,28-29,34-35H,5-6,8,10,12-16,19-20H2,1-4H3,(H,30,31,32)/b22-9+,23-11+. The van der Waals surface area contributed by atoms with Gasteiger partial charge in [-0.2, -0.15) is 25.3 Å². The number of anilines is 1. The zero-order valence-electron chi connectivity index (χ0n) is 21.8. The molecule has 0 aliphatic heterocycles. The van der Waals surface area contributed by atoms with E-state index in [9.17, 15) is 4.79 Å². The molecule has 1 heterocycles. The van der Waals surface area contributed by atoms with Crippen molar-refractivity contribution in [2.45, 2.75) is 66.5 Å². The highest BCUT2D eigenvalue weighted by atomic mass is 32.1. The third-order valence-corrected chi connectivity index (χ3v) is 5.58. The number of carbonyl (C=O) groups excluding carboxylic acids is 1. The highest BCUT2D eigenvalue weighted by Crippen LogP contribution is 2.14. The van der Waals surface area contributed by atoms with Crippen LogP contribution in [0.1, 0.15) is 64.8 Å². The first kappa shape index (κ1) is 31.3. The van der Waals surface area contributed by atoms with E-state index in [0.717, 1.165) is 61.7 Å². The molecule has 0 aliphatic rings. The van der Waals surface area contributed by atoms with E-state index in [0.29, 0.717) is 18.8 Å². The second-order valence-electron chi connectivity index (χ2n) is 8.82. The van der Waals surface area contributed by atoms with E-state index in [4.69, 9.17) is 4.74 Å². The van der Waals surface area contributed by atoms with Gasteiger partial charge in [0, 0.05) is 43.4 Å². The molecule has 0 unspecified atom stereocenters. The summed E-state index contributed by atoms with van der Waals surface area (Å²) in [6.07, 6.45) is 10.2. The molecule has 0 fully saturated rings. The van der Waals surface area contributed by atoms with Crippen LogP contribution in [-0.2, 0) is 17.8 Å². The first-order valence-electron chi connectivity index (χ1n) is 12.4. The molecule has 0 bridgehead atoms. The van der Waals surface area contributed by atoms with Crippen molar-refractivity contribution in [1.82, 2.24) is 15.6 Å². The molecule has 196 valence electrons. The molecule has 0 atom stereocenters. The molecule has 8 heteroatoms. The van der Waals surface area contributed by atoms with Crippen LogP contribution < -0.4 is 16.0 Å². The summed E-state index contributed by atoms with van der Waals surface area (Å²) in [5.74, 6) is 1.50. The maximum atomic E-state index is 12.3. The van der Waals surface area contributed by atoms with Gasteiger partial charge in [-0.05, 0) is 71.6 Å². The van der Waals surface area contributed by atoms with Gasteiger partial charge in [0.2, 0.25) is 0 Å². The molecule has 3 N–H and O–H groups in total. The topological polar surface area (TPSA) is 75.3 Å². The third kappa shape index (κ3) is 16.5.